The van der Waals surface area contributed by atoms with E-state index in [1.807, 2.05) is 30.3 Å². The molecule has 0 aliphatic carbocycles. The second-order valence-electron chi connectivity index (χ2n) is 6.09. The zero-order valence-corrected chi connectivity index (χ0v) is 15.0. The molecule has 4 unspecified atom stereocenters. The largest absolute Gasteiger partial charge is 0.371 e. The monoisotopic (exact) mass is 381 g/mol. The van der Waals surface area contributed by atoms with Gasteiger partial charge in [0.15, 0.2) is 0 Å². The predicted molar refractivity (Wildman–Crippen MR) is 92.9 cm³/mol. The van der Waals surface area contributed by atoms with Gasteiger partial charge < -0.3 is 14.2 Å². The minimum atomic E-state index is -3.54. The molecule has 1 aromatic carbocycles. The second-order valence-corrected chi connectivity index (χ2v) is 8.98. The molecule has 0 amide bonds. The number of thiophene rings is 1. The van der Waals surface area contributed by atoms with Crippen molar-refractivity contribution in [1.29, 1.82) is 0 Å². The zero-order valence-electron chi connectivity index (χ0n) is 13.4. The Balaban J connectivity index is 1.37. The van der Waals surface area contributed by atoms with Crippen LogP contribution in [0.4, 0.5) is 0 Å². The third-order valence-corrected chi connectivity index (χ3v) is 7.27. The van der Waals surface area contributed by atoms with E-state index in [9.17, 15) is 8.42 Å². The van der Waals surface area contributed by atoms with Gasteiger partial charge in [0, 0.05) is 0 Å². The van der Waals surface area contributed by atoms with Gasteiger partial charge in [-0.15, -0.1) is 11.3 Å². The van der Waals surface area contributed by atoms with E-state index < -0.39 is 16.1 Å². The molecule has 0 bridgehead atoms. The van der Waals surface area contributed by atoms with E-state index in [2.05, 4.69) is 4.72 Å². The highest BCUT2D eigenvalue weighted by molar-refractivity contribution is 7.91. The van der Waals surface area contributed by atoms with Crippen molar-refractivity contribution in [2.24, 2.45) is 0 Å². The molecule has 1 aromatic heterocycles. The molecule has 1 N–H and O–H groups in total. The highest BCUT2D eigenvalue weighted by Crippen LogP contribution is 2.30. The Kier molecular flexibility index (Phi) is 4.90. The molecular formula is C17H19NO5S2. The summed E-state index contributed by atoms with van der Waals surface area (Å²) in [7, 11) is -3.54. The lowest BCUT2D eigenvalue weighted by molar-refractivity contribution is -0.0391. The number of hydrogen-bond acceptors (Lipinski definition) is 6. The number of sulfonamides is 1. The van der Waals surface area contributed by atoms with Crippen molar-refractivity contribution in [3.63, 3.8) is 0 Å². The molecule has 2 aliphatic rings. The van der Waals surface area contributed by atoms with Crippen molar-refractivity contribution in [1.82, 2.24) is 4.72 Å². The summed E-state index contributed by atoms with van der Waals surface area (Å²) in [4.78, 5) is 0. The van der Waals surface area contributed by atoms with Gasteiger partial charge in [0.25, 0.3) is 0 Å². The average Bonchev–Trinajstić information content (AvgIpc) is 3.33. The molecule has 0 radical (unpaired) electrons. The summed E-state index contributed by atoms with van der Waals surface area (Å²) >= 11 is 1.19. The molecule has 0 spiro atoms. The third-order valence-electron chi connectivity index (χ3n) is 4.38. The first-order valence-electron chi connectivity index (χ1n) is 8.08. The van der Waals surface area contributed by atoms with Crippen LogP contribution in [0.15, 0.2) is 52.1 Å². The lowest BCUT2D eigenvalue weighted by Gasteiger charge is -2.17. The third kappa shape index (κ3) is 3.64. The molecule has 0 saturated carbocycles. The van der Waals surface area contributed by atoms with Crippen molar-refractivity contribution in [3.05, 3.63) is 53.4 Å². The number of ether oxygens (including phenoxy) is 3. The van der Waals surface area contributed by atoms with Crippen LogP contribution in [-0.2, 0) is 30.8 Å². The molecule has 4 atom stereocenters. The van der Waals surface area contributed by atoms with Crippen LogP contribution in [0, 0.1) is 0 Å². The SMILES string of the molecule is O=S(=O)(NC1COC2C(OCc3ccccc3)COC12)c1cccs1. The Hall–Kier alpha value is -1.29. The lowest BCUT2D eigenvalue weighted by atomic mass is 10.1. The Morgan fingerprint density at radius 2 is 1.88 bits per heavy atom. The van der Waals surface area contributed by atoms with Gasteiger partial charge in [-0.3, -0.25) is 0 Å². The highest BCUT2D eigenvalue weighted by atomic mass is 32.2. The van der Waals surface area contributed by atoms with Crippen LogP contribution >= 0.6 is 11.3 Å². The average molecular weight is 381 g/mol. The number of nitrogens with one attached hydrogen (secondary N) is 1. The maximum atomic E-state index is 12.4. The zero-order chi connectivity index (χ0) is 17.3. The van der Waals surface area contributed by atoms with Gasteiger partial charge in [-0.2, -0.15) is 0 Å². The Labute approximate surface area is 150 Å². The molecule has 8 heteroatoms. The van der Waals surface area contributed by atoms with Crippen LogP contribution in [-0.4, -0.2) is 46.0 Å². The minimum Gasteiger partial charge on any atom is -0.371 e. The Morgan fingerprint density at radius 1 is 1.08 bits per heavy atom. The van der Waals surface area contributed by atoms with E-state index in [1.165, 1.54) is 11.3 Å². The van der Waals surface area contributed by atoms with Crippen molar-refractivity contribution in [2.45, 2.75) is 35.2 Å². The van der Waals surface area contributed by atoms with Gasteiger partial charge in [0.05, 0.1) is 25.9 Å². The molecule has 2 fully saturated rings. The van der Waals surface area contributed by atoms with E-state index >= 15 is 0 Å². The van der Waals surface area contributed by atoms with Crippen molar-refractivity contribution < 1.29 is 22.6 Å². The maximum absolute atomic E-state index is 12.4. The number of hydrogen-bond donors (Lipinski definition) is 1. The quantitative estimate of drug-likeness (QED) is 0.826. The van der Waals surface area contributed by atoms with E-state index in [4.69, 9.17) is 14.2 Å². The van der Waals surface area contributed by atoms with Gasteiger partial charge in [-0.1, -0.05) is 36.4 Å². The molecule has 4 rings (SSSR count). The van der Waals surface area contributed by atoms with Gasteiger partial charge in [-0.05, 0) is 17.0 Å². The molecule has 3 heterocycles. The van der Waals surface area contributed by atoms with Crippen LogP contribution in [0.2, 0.25) is 0 Å². The van der Waals surface area contributed by atoms with Crippen molar-refractivity contribution >= 4 is 21.4 Å². The second kappa shape index (κ2) is 7.14. The summed E-state index contributed by atoms with van der Waals surface area (Å²) in [5, 5.41) is 1.74. The number of benzene rings is 1. The summed E-state index contributed by atoms with van der Waals surface area (Å²) in [6.07, 6.45) is -0.767. The van der Waals surface area contributed by atoms with E-state index in [0.29, 0.717) is 17.4 Å². The standard InChI is InChI=1S/C17H19NO5S2/c19-25(20,15-7-4-8-24-15)18-13-10-22-17-14(11-23-16(13)17)21-9-12-5-2-1-3-6-12/h1-8,13-14,16-18H,9-11H2. The Morgan fingerprint density at radius 3 is 2.64 bits per heavy atom. The van der Waals surface area contributed by atoms with Crippen LogP contribution in [0.3, 0.4) is 0 Å². The van der Waals surface area contributed by atoms with Gasteiger partial charge in [0.2, 0.25) is 10.0 Å². The normalized spacial score (nSPS) is 29.0. The predicted octanol–water partition coefficient (Wildman–Crippen LogP) is 1.78. The molecule has 6 nitrogen and oxygen atoms in total. The highest BCUT2D eigenvalue weighted by Gasteiger charge is 2.49. The first-order valence-corrected chi connectivity index (χ1v) is 10.4. The summed E-state index contributed by atoms with van der Waals surface area (Å²) < 4.78 is 45.3. The fourth-order valence-corrected chi connectivity index (χ4v) is 5.40. The molecule has 2 saturated heterocycles. The number of fused-ring (bicyclic) bond motifs is 1. The summed E-state index contributed by atoms with van der Waals surface area (Å²) in [5.74, 6) is 0. The molecule has 134 valence electrons. The van der Waals surface area contributed by atoms with E-state index in [-0.39, 0.29) is 24.9 Å². The summed E-state index contributed by atoms with van der Waals surface area (Å²) in [6.45, 7) is 1.16. The van der Waals surface area contributed by atoms with Crippen LogP contribution in [0.1, 0.15) is 5.56 Å². The Bertz CT molecular complexity index is 794. The van der Waals surface area contributed by atoms with Crippen LogP contribution in [0.25, 0.3) is 0 Å². The first-order chi connectivity index (χ1) is 12.1. The first kappa shape index (κ1) is 17.1. The lowest BCUT2D eigenvalue weighted by Crippen LogP contribution is -2.44. The van der Waals surface area contributed by atoms with E-state index in [1.54, 1.807) is 17.5 Å². The number of rotatable bonds is 6. The van der Waals surface area contributed by atoms with Crippen molar-refractivity contribution in [2.75, 3.05) is 13.2 Å². The molecule has 25 heavy (non-hydrogen) atoms. The summed E-state index contributed by atoms with van der Waals surface area (Å²) in [5.41, 5.74) is 1.08. The van der Waals surface area contributed by atoms with Crippen LogP contribution in [0.5, 0.6) is 0 Å². The molecular weight excluding hydrogens is 362 g/mol. The topological polar surface area (TPSA) is 73.9 Å². The summed E-state index contributed by atoms with van der Waals surface area (Å²) in [6, 6.07) is 12.8. The van der Waals surface area contributed by atoms with Crippen LogP contribution < -0.4 is 4.72 Å². The van der Waals surface area contributed by atoms with Crippen molar-refractivity contribution in [3.8, 4) is 0 Å². The van der Waals surface area contributed by atoms with Gasteiger partial charge in [0.1, 0.15) is 22.5 Å². The van der Waals surface area contributed by atoms with Gasteiger partial charge in [-0.25, -0.2) is 13.1 Å². The maximum Gasteiger partial charge on any atom is 0.250 e. The smallest absolute Gasteiger partial charge is 0.250 e. The fourth-order valence-electron chi connectivity index (χ4n) is 3.16. The van der Waals surface area contributed by atoms with Gasteiger partial charge >= 0.3 is 0 Å². The molecule has 2 aromatic rings. The minimum absolute atomic E-state index is 0.193. The molecule has 2 aliphatic heterocycles. The van der Waals surface area contributed by atoms with E-state index in [0.717, 1.165) is 5.56 Å². The fraction of sp³-hybridized carbons (Fsp3) is 0.412.